The zero-order valence-electron chi connectivity index (χ0n) is 13.8. The first-order valence-corrected chi connectivity index (χ1v) is 7.92. The number of amides is 1. The molecule has 8 heteroatoms. The summed E-state index contributed by atoms with van der Waals surface area (Å²) in [5.74, 6) is 1.20. The second-order valence-corrected chi connectivity index (χ2v) is 5.76. The molecule has 0 radical (unpaired) electrons. The third-order valence-corrected chi connectivity index (χ3v) is 4.24. The molecule has 1 amide bonds. The van der Waals surface area contributed by atoms with Crippen molar-refractivity contribution in [1.29, 1.82) is 0 Å². The van der Waals surface area contributed by atoms with Crippen molar-refractivity contribution in [3.8, 4) is 5.88 Å². The molecule has 1 fully saturated rings. The van der Waals surface area contributed by atoms with Crippen molar-refractivity contribution in [2.45, 2.75) is 18.9 Å². The van der Waals surface area contributed by atoms with Crippen molar-refractivity contribution >= 4 is 5.91 Å². The average Bonchev–Trinajstić information content (AvgIpc) is 3.06. The average molecular weight is 331 g/mol. The lowest BCUT2D eigenvalue weighted by Crippen LogP contribution is -2.37. The van der Waals surface area contributed by atoms with Gasteiger partial charge in [0.05, 0.1) is 13.2 Å². The van der Waals surface area contributed by atoms with Crippen molar-refractivity contribution in [2.75, 3.05) is 20.3 Å². The van der Waals surface area contributed by atoms with Gasteiger partial charge < -0.3 is 19.4 Å². The van der Waals surface area contributed by atoms with E-state index in [2.05, 4.69) is 20.5 Å². The van der Waals surface area contributed by atoms with Gasteiger partial charge in [0.1, 0.15) is 5.82 Å². The molecule has 3 rings (SSSR count). The van der Waals surface area contributed by atoms with Crippen molar-refractivity contribution in [3.05, 3.63) is 36.0 Å². The molecule has 24 heavy (non-hydrogen) atoms. The number of rotatable bonds is 5. The Balaban J connectivity index is 1.80. The van der Waals surface area contributed by atoms with Gasteiger partial charge in [-0.3, -0.25) is 4.79 Å². The Hall–Kier alpha value is -2.48. The number of hydrogen-bond donors (Lipinski definition) is 1. The molecule has 0 unspecified atom stereocenters. The van der Waals surface area contributed by atoms with Crippen LogP contribution in [0.4, 0.5) is 0 Å². The molecule has 0 bridgehead atoms. The highest BCUT2D eigenvalue weighted by Gasteiger charge is 2.30. The summed E-state index contributed by atoms with van der Waals surface area (Å²) in [6.45, 7) is 1.40. The Labute approximate surface area is 140 Å². The number of nitrogens with zero attached hydrogens (tertiary/aromatic N) is 4. The molecule has 3 heterocycles. The van der Waals surface area contributed by atoms with Crippen LogP contribution in [0.3, 0.4) is 0 Å². The number of ether oxygens (including phenoxy) is 2. The third kappa shape index (κ3) is 3.53. The van der Waals surface area contributed by atoms with E-state index in [-0.39, 0.29) is 23.6 Å². The Bertz CT molecular complexity index is 679. The third-order valence-electron chi connectivity index (χ3n) is 4.24. The minimum atomic E-state index is -0.273. The molecule has 1 N–H and O–H groups in total. The van der Waals surface area contributed by atoms with Gasteiger partial charge in [0.25, 0.3) is 5.91 Å². The van der Waals surface area contributed by atoms with Crippen LogP contribution in [0.5, 0.6) is 5.88 Å². The molecule has 0 spiro atoms. The molecule has 1 aliphatic rings. The SMILES string of the molecule is COc1ccc(C(=O)N[C@@H](c2nccn2C)C2CCOCC2)nn1. The van der Waals surface area contributed by atoms with E-state index in [0.717, 1.165) is 18.7 Å². The molecule has 2 aromatic rings. The van der Waals surface area contributed by atoms with Crippen LogP contribution < -0.4 is 10.1 Å². The lowest BCUT2D eigenvalue weighted by atomic mass is 9.91. The molecule has 1 aliphatic heterocycles. The minimum Gasteiger partial charge on any atom is -0.480 e. The maximum atomic E-state index is 12.6. The van der Waals surface area contributed by atoms with E-state index in [0.29, 0.717) is 19.1 Å². The fourth-order valence-electron chi connectivity index (χ4n) is 2.88. The van der Waals surface area contributed by atoms with Crippen molar-refractivity contribution in [3.63, 3.8) is 0 Å². The number of aromatic nitrogens is 4. The van der Waals surface area contributed by atoms with Crippen LogP contribution in [0.2, 0.25) is 0 Å². The Morgan fingerprint density at radius 2 is 2.17 bits per heavy atom. The first kappa shape index (κ1) is 16.4. The highest BCUT2D eigenvalue weighted by Crippen LogP contribution is 2.29. The van der Waals surface area contributed by atoms with Crippen LogP contribution in [0, 0.1) is 5.92 Å². The van der Waals surface area contributed by atoms with Gasteiger partial charge in [0.2, 0.25) is 5.88 Å². The normalized spacial score (nSPS) is 16.6. The van der Waals surface area contributed by atoms with Crippen molar-refractivity contribution in [2.24, 2.45) is 13.0 Å². The summed E-state index contributed by atoms with van der Waals surface area (Å²) >= 11 is 0. The van der Waals surface area contributed by atoms with Gasteiger partial charge in [-0.2, -0.15) is 0 Å². The molecule has 2 aromatic heterocycles. The van der Waals surface area contributed by atoms with Gasteiger partial charge in [0, 0.05) is 38.7 Å². The summed E-state index contributed by atoms with van der Waals surface area (Å²) in [4.78, 5) is 17.0. The summed E-state index contributed by atoms with van der Waals surface area (Å²) in [7, 11) is 3.43. The monoisotopic (exact) mass is 331 g/mol. The number of carbonyl (C=O) groups is 1. The topological polar surface area (TPSA) is 91.2 Å². The first-order valence-electron chi connectivity index (χ1n) is 7.92. The van der Waals surface area contributed by atoms with E-state index in [1.54, 1.807) is 18.3 Å². The highest BCUT2D eigenvalue weighted by atomic mass is 16.5. The largest absolute Gasteiger partial charge is 0.480 e. The maximum Gasteiger partial charge on any atom is 0.272 e. The van der Waals surface area contributed by atoms with Gasteiger partial charge in [-0.1, -0.05) is 0 Å². The summed E-state index contributed by atoms with van der Waals surface area (Å²) in [6.07, 6.45) is 5.38. The summed E-state index contributed by atoms with van der Waals surface area (Å²) < 4.78 is 12.3. The van der Waals surface area contributed by atoms with Crippen LogP contribution in [0.25, 0.3) is 0 Å². The lowest BCUT2D eigenvalue weighted by molar-refractivity contribution is 0.0498. The summed E-state index contributed by atoms with van der Waals surface area (Å²) in [6, 6.07) is 3.03. The molecule has 1 atom stereocenters. The standard InChI is InChI=1S/C16H21N5O3/c1-21-8-7-17-15(21)14(11-5-9-24-10-6-11)18-16(22)12-3-4-13(23-2)20-19-12/h3-4,7-8,11,14H,5-6,9-10H2,1-2H3,(H,18,22)/t14-/m1/s1. The van der Waals surface area contributed by atoms with Crippen LogP contribution in [-0.2, 0) is 11.8 Å². The second-order valence-electron chi connectivity index (χ2n) is 5.76. The zero-order chi connectivity index (χ0) is 16.9. The van der Waals surface area contributed by atoms with E-state index >= 15 is 0 Å². The number of aryl methyl sites for hydroxylation is 1. The molecule has 8 nitrogen and oxygen atoms in total. The van der Waals surface area contributed by atoms with Crippen molar-refractivity contribution < 1.29 is 14.3 Å². The smallest absolute Gasteiger partial charge is 0.272 e. The Morgan fingerprint density at radius 1 is 1.38 bits per heavy atom. The second kappa shape index (κ2) is 7.39. The van der Waals surface area contributed by atoms with E-state index in [1.807, 2.05) is 17.8 Å². The number of hydrogen-bond acceptors (Lipinski definition) is 6. The first-order chi connectivity index (χ1) is 11.7. The quantitative estimate of drug-likeness (QED) is 0.883. The molecule has 1 saturated heterocycles. The van der Waals surface area contributed by atoms with Crippen LogP contribution >= 0.6 is 0 Å². The van der Waals surface area contributed by atoms with Crippen LogP contribution in [0.15, 0.2) is 24.5 Å². The fraction of sp³-hybridized carbons (Fsp3) is 0.500. The molecule has 0 aliphatic carbocycles. The van der Waals surface area contributed by atoms with E-state index in [1.165, 1.54) is 7.11 Å². The van der Waals surface area contributed by atoms with Gasteiger partial charge in [-0.15, -0.1) is 10.2 Å². The number of carbonyl (C=O) groups excluding carboxylic acids is 1. The van der Waals surface area contributed by atoms with E-state index in [9.17, 15) is 4.79 Å². The van der Waals surface area contributed by atoms with Gasteiger partial charge >= 0.3 is 0 Å². The van der Waals surface area contributed by atoms with Crippen molar-refractivity contribution in [1.82, 2.24) is 25.1 Å². The molecule has 0 saturated carbocycles. The molecular weight excluding hydrogens is 310 g/mol. The molecule has 0 aromatic carbocycles. The summed E-state index contributed by atoms with van der Waals surface area (Å²) in [5, 5.41) is 10.8. The van der Waals surface area contributed by atoms with Crippen LogP contribution in [0.1, 0.15) is 35.2 Å². The fourth-order valence-corrected chi connectivity index (χ4v) is 2.88. The predicted octanol–water partition coefficient (Wildman–Crippen LogP) is 1.12. The van der Waals surface area contributed by atoms with Crippen LogP contribution in [-0.4, -0.2) is 46.0 Å². The minimum absolute atomic E-state index is 0.190. The van der Waals surface area contributed by atoms with E-state index < -0.39 is 0 Å². The highest BCUT2D eigenvalue weighted by molar-refractivity contribution is 5.92. The molecule has 128 valence electrons. The predicted molar refractivity (Wildman–Crippen MR) is 85.5 cm³/mol. The zero-order valence-corrected chi connectivity index (χ0v) is 13.8. The Morgan fingerprint density at radius 3 is 2.75 bits per heavy atom. The lowest BCUT2D eigenvalue weighted by Gasteiger charge is -2.30. The van der Waals surface area contributed by atoms with Gasteiger partial charge in [-0.25, -0.2) is 4.98 Å². The van der Waals surface area contributed by atoms with Gasteiger partial charge in [-0.05, 0) is 24.8 Å². The number of imidazole rings is 1. The van der Waals surface area contributed by atoms with E-state index in [4.69, 9.17) is 9.47 Å². The Kier molecular flexibility index (Phi) is 5.05. The number of methoxy groups -OCH3 is 1. The summed E-state index contributed by atoms with van der Waals surface area (Å²) in [5.41, 5.74) is 0.252. The molecular formula is C16H21N5O3. The van der Waals surface area contributed by atoms with Gasteiger partial charge in [0.15, 0.2) is 5.69 Å². The maximum absolute atomic E-state index is 12.6. The number of nitrogens with one attached hydrogen (secondary N) is 1.